The Morgan fingerprint density at radius 3 is 1.82 bits per heavy atom. The summed E-state index contributed by atoms with van der Waals surface area (Å²) in [5, 5.41) is 2.82. The first kappa shape index (κ1) is 27.2. The minimum Gasteiger partial charge on any atom is -0.338 e. The molecule has 2 fully saturated rings. The Morgan fingerprint density at radius 2 is 1.32 bits per heavy atom. The molecule has 2 heterocycles. The molecule has 3 aromatic rings. The molecule has 0 unspecified atom stereocenters. The first-order valence-electron chi connectivity index (χ1n) is 12.8. The molecule has 0 spiro atoms. The van der Waals surface area contributed by atoms with Crippen molar-refractivity contribution in [2.75, 3.05) is 32.7 Å². The highest BCUT2D eigenvalue weighted by Crippen LogP contribution is 2.36. The number of hydrogen-bond acceptors (Lipinski definition) is 6. The topological polar surface area (TPSA) is 124 Å². The Morgan fingerprint density at radius 1 is 0.800 bits per heavy atom. The van der Waals surface area contributed by atoms with E-state index in [4.69, 9.17) is 0 Å². The highest BCUT2D eigenvalue weighted by Gasteiger charge is 2.54. The lowest BCUT2D eigenvalue weighted by atomic mass is 9.82. The van der Waals surface area contributed by atoms with E-state index in [1.54, 1.807) is 48.5 Å². The lowest BCUT2D eigenvalue weighted by molar-refractivity contribution is -0.139. The third-order valence-electron chi connectivity index (χ3n) is 7.30. The predicted octanol–water partition coefficient (Wildman–Crippen LogP) is 2.22. The van der Waals surface area contributed by atoms with Crippen LogP contribution in [0.4, 0.5) is 4.79 Å². The summed E-state index contributed by atoms with van der Waals surface area (Å²) in [5.74, 6) is -1.17. The largest absolute Gasteiger partial charge is 0.338 e. The third-order valence-corrected chi connectivity index (χ3v) is 9.22. The number of urea groups is 1. The van der Waals surface area contributed by atoms with Gasteiger partial charge in [-0.25, -0.2) is 13.2 Å². The minimum absolute atomic E-state index is 0.0562. The molecule has 1 N–H and O–H groups in total. The Kier molecular flexibility index (Phi) is 7.26. The molecule has 0 atom stereocenters. The number of hydrogen-bond donors (Lipinski definition) is 1. The van der Waals surface area contributed by atoms with Crippen molar-refractivity contribution >= 4 is 33.7 Å². The van der Waals surface area contributed by atoms with Crippen LogP contribution in [0, 0.1) is 0 Å². The van der Waals surface area contributed by atoms with Crippen LogP contribution >= 0.6 is 0 Å². The second-order valence-corrected chi connectivity index (χ2v) is 11.6. The fraction of sp³-hybridized carbons (Fsp3) is 0.241. The second-order valence-electron chi connectivity index (χ2n) is 9.67. The normalized spacial score (nSPS) is 17.5. The summed E-state index contributed by atoms with van der Waals surface area (Å²) in [5.41, 5.74) is 0.0950. The number of benzene rings is 3. The van der Waals surface area contributed by atoms with E-state index in [2.05, 4.69) is 5.32 Å². The van der Waals surface area contributed by atoms with Gasteiger partial charge in [0.25, 0.3) is 5.91 Å². The maximum atomic E-state index is 13.8. The summed E-state index contributed by atoms with van der Waals surface area (Å²) in [6.07, 6.45) is 0. The van der Waals surface area contributed by atoms with Gasteiger partial charge in [0.2, 0.25) is 15.9 Å². The number of nitrogens with zero attached hydrogens (tertiary/aromatic N) is 3. The van der Waals surface area contributed by atoms with Gasteiger partial charge in [0.05, 0.1) is 4.90 Å². The number of rotatable bonds is 7. The molecule has 2 aliphatic heterocycles. The van der Waals surface area contributed by atoms with Crippen molar-refractivity contribution in [2.45, 2.75) is 17.4 Å². The number of carbonyl (C=O) groups excluding carboxylic acids is 4. The maximum Gasteiger partial charge on any atom is 0.326 e. The smallest absolute Gasteiger partial charge is 0.326 e. The Hall–Kier alpha value is -4.35. The summed E-state index contributed by atoms with van der Waals surface area (Å²) in [4.78, 5) is 54.1. The summed E-state index contributed by atoms with van der Waals surface area (Å²) in [6, 6.07) is 22.8. The number of ketones is 1. The summed E-state index contributed by atoms with van der Waals surface area (Å²) < 4.78 is 27.4. The van der Waals surface area contributed by atoms with Crippen molar-refractivity contribution in [3.63, 3.8) is 0 Å². The zero-order valence-corrected chi connectivity index (χ0v) is 22.6. The van der Waals surface area contributed by atoms with Gasteiger partial charge in [0, 0.05) is 31.7 Å². The first-order chi connectivity index (χ1) is 19.1. The van der Waals surface area contributed by atoms with Crippen molar-refractivity contribution in [2.24, 2.45) is 0 Å². The first-order valence-corrected chi connectivity index (χ1v) is 14.2. The van der Waals surface area contributed by atoms with Crippen LogP contribution in [0.5, 0.6) is 0 Å². The molecule has 40 heavy (non-hydrogen) atoms. The quantitative estimate of drug-likeness (QED) is 0.349. The van der Waals surface area contributed by atoms with Gasteiger partial charge >= 0.3 is 6.03 Å². The van der Waals surface area contributed by atoms with E-state index in [1.165, 1.54) is 40.4 Å². The maximum absolute atomic E-state index is 13.8. The molecule has 0 radical (unpaired) electrons. The molecule has 2 aliphatic rings. The van der Waals surface area contributed by atoms with E-state index in [-0.39, 0.29) is 36.9 Å². The molecule has 0 saturated carbocycles. The number of piperazine rings is 1. The van der Waals surface area contributed by atoms with Crippen LogP contribution < -0.4 is 5.32 Å². The van der Waals surface area contributed by atoms with Gasteiger partial charge in [-0.2, -0.15) is 4.31 Å². The van der Waals surface area contributed by atoms with E-state index in [1.807, 2.05) is 12.1 Å². The molecule has 3 aromatic carbocycles. The van der Waals surface area contributed by atoms with Gasteiger partial charge in [-0.3, -0.25) is 19.3 Å². The summed E-state index contributed by atoms with van der Waals surface area (Å²) >= 11 is 0. The molecule has 5 rings (SSSR count). The number of Topliss-reactive ketones (excluding diaryl/α,β-unsaturated/α-hetero) is 1. The number of nitrogens with one attached hydrogen (secondary N) is 1. The highest BCUT2D eigenvalue weighted by atomic mass is 32.2. The molecule has 0 bridgehead atoms. The van der Waals surface area contributed by atoms with Crippen LogP contribution in [0.3, 0.4) is 0 Å². The molecular weight excluding hydrogens is 532 g/mol. The molecule has 11 heteroatoms. The van der Waals surface area contributed by atoms with E-state index >= 15 is 0 Å². The third kappa shape index (κ3) is 4.78. The van der Waals surface area contributed by atoms with E-state index in [9.17, 15) is 27.6 Å². The number of sulfonamides is 1. The molecular formula is C29H28N4O6S. The van der Waals surface area contributed by atoms with Crippen molar-refractivity contribution < 1.29 is 27.6 Å². The van der Waals surface area contributed by atoms with Crippen molar-refractivity contribution in [1.82, 2.24) is 19.4 Å². The van der Waals surface area contributed by atoms with Gasteiger partial charge in [-0.15, -0.1) is 0 Å². The fourth-order valence-corrected chi connectivity index (χ4v) is 6.50. The zero-order valence-electron chi connectivity index (χ0n) is 21.8. The monoisotopic (exact) mass is 560 g/mol. The fourth-order valence-electron chi connectivity index (χ4n) is 5.08. The van der Waals surface area contributed by atoms with Crippen molar-refractivity contribution in [3.05, 3.63) is 102 Å². The molecule has 206 valence electrons. The molecule has 10 nitrogen and oxygen atoms in total. The molecule has 0 aromatic heterocycles. The standard InChI is InChI=1S/C29H28N4O6S/c1-21(34)22-12-14-25(15-13-22)40(38,39)32-18-16-31(17-19-32)26(35)20-33-27(36)29(30-28(33)37,23-8-4-2-5-9-23)24-10-6-3-7-11-24/h2-15H,16-20H2,1H3,(H,30,37). The Balaban J connectivity index is 1.29. The minimum atomic E-state index is -3.81. The average molecular weight is 561 g/mol. The average Bonchev–Trinajstić information content (AvgIpc) is 3.23. The van der Waals surface area contributed by atoms with Crippen molar-refractivity contribution in [1.29, 1.82) is 0 Å². The molecule has 4 amide bonds. The van der Waals surface area contributed by atoms with Crippen LogP contribution in [0.2, 0.25) is 0 Å². The Bertz CT molecular complexity index is 1510. The number of carbonyl (C=O) groups is 4. The molecule has 0 aliphatic carbocycles. The van der Waals surface area contributed by atoms with Gasteiger partial charge in [-0.05, 0) is 30.2 Å². The van der Waals surface area contributed by atoms with Gasteiger partial charge < -0.3 is 10.2 Å². The van der Waals surface area contributed by atoms with Crippen molar-refractivity contribution in [3.8, 4) is 0 Å². The lowest BCUT2D eigenvalue weighted by Gasteiger charge is -2.34. The zero-order chi connectivity index (χ0) is 28.5. The second kappa shape index (κ2) is 10.7. The lowest BCUT2D eigenvalue weighted by Crippen LogP contribution is -2.53. The van der Waals surface area contributed by atoms with Crippen LogP contribution in [-0.4, -0.2) is 78.9 Å². The summed E-state index contributed by atoms with van der Waals surface area (Å²) in [7, 11) is -3.81. The van der Waals surface area contributed by atoms with E-state index in [0.29, 0.717) is 16.7 Å². The van der Waals surface area contributed by atoms with E-state index < -0.39 is 40.0 Å². The van der Waals surface area contributed by atoms with Gasteiger partial charge in [0.15, 0.2) is 11.3 Å². The van der Waals surface area contributed by atoms with Gasteiger partial charge in [-0.1, -0.05) is 72.8 Å². The van der Waals surface area contributed by atoms with Crippen LogP contribution in [0.25, 0.3) is 0 Å². The molecule has 2 saturated heterocycles. The summed E-state index contributed by atoms with van der Waals surface area (Å²) in [6.45, 7) is 1.26. The van der Waals surface area contributed by atoms with Gasteiger partial charge in [0.1, 0.15) is 6.54 Å². The Labute approximate surface area is 232 Å². The number of amides is 4. The number of imide groups is 1. The predicted molar refractivity (Wildman–Crippen MR) is 146 cm³/mol. The van der Waals surface area contributed by atoms with Crippen LogP contribution in [0.15, 0.2) is 89.8 Å². The van der Waals surface area contributed by atoms with Crippen LogP contribution in [-0.2, 0) is 25.2 Å². The van der Waals surface area contributed by atoms with E-state index in [0.717, 1.165) is 4.90 Å². The SMILES string of the molecule is CC(=O)c1ccc(S(=O)(=O)N2CCN(C(=O)CN3C(=O)NC(c4ccccc4)(c4ccccc4)C3=O)CC2)cc1. The highest BCUT2D eigenvalue weighted by molar-refractivity contribution is 7.89. The van der Waals surface area contributed by atoms with Crippen LogP contribution in [0.1, 0.15) is 28.4 Å².